The Morgan fingerprint density at radius 3 is 2.15 bits per heavy atom. The summed E-state index contributed by atoms with van der Waals surface area (Å²) in [7, 11) is 0. The summed E-state index contributed by atoms with van der Waals surface area (Å²) in [6, 6.07) is 5.94. The number of benzene rings is 2. The van der Waals surface area contributed by atoms with Crippen LogP contribution in [-0.2, 0) is 23.8 Å². The highest BCUT2D eigenvalue weighted by atomic mass is 19.4. The summed E-state index contributed by atoms with van der Waals surface area (Å²) in [4.78, 5) is 22.8. The van der Waals surface area contributed by atoms with Crippen molar-refractivity contribution in [3.63, 3.8) is 0 Å². The van der Waals surface area contributed by atoms with Gasteiger partial charge in [-0.05, 0) is 36.8 Å². The Labute approximate surface area is 184 Å². The summed E-state index contributed by atoms with van der Waals surface area (Å²) in [6.07, 6.45) is -9.90. The maximum absolute atomic E-state index is 13.1. The minimum Gasteiger partial charge on any atom is -0.489 e. The normalized spacial score (nSPS) is 17.5. The Balaban J connectivity index is 1.75. The van der Waals surface area contributed by atoms with Crippen LogP contribution in [0.25, 0.3) is 0 Å². The molecule has 12 heteroatoms. The average molecular weight is 475 g/mol. The maximum atomic E-state index is 13.1. The lowest BCUT2D eigenvalue weighted by Gasteiger charge is -2.20. The molecule has 1 aliphatic rings. The van der Waals surface area contributed by atoms with Crippen molar-refractivity contribution < 1.29 is 40.7 Å². The largest absolute Gasteiger partial charge is 0.489 e. The lowest BCUT2D eigenvalue weighted by molar-refractivity contribution is -0.143. The number of halogens is 6. The number of carbonyl (C=O) groups is 2. The number of ether oxygens (including phenoxy) is 1. The van der Waals surface area contributed by atoms with Crippen molar-refractivity contribution in [2.75, 3.05) is 6.54 Å². The summed E-state index contributed by atoms with van der Waals surface area (Å²) in [6.45, 7) is 1.29. The molecule has 0 aliphatic carbocycles. The van der Waals surface area contributed by atoms with Gasteiger partial charge in [0.2, 0.25) is 0 Å². The summed E-state index contributed by atoms with van der Waals surface area (Å²) >= 11 is 0. The summed E-state index contributed by atoms with van der Waals surface area (Å²) in [5.74, 6) is -0.252. The van der Waals surface area contributed by atoms with Gasteiger partial charge >= 0.3 is 18.4 Å². The summed E-state index contributed by atoms with van der Waals surface area (Å²) in [5, 5.41) is 7.56. The minimum atomic E-state index is -4.95. The molecule has 6 nitrogen and oxygen atoms in total. The number of urea groups is 1. The van der Waals surface area contributed by atoms with Gasteiger partial charge in [0.1, 0.15) is 18.4 Å². The quantitative estimate of drug-likeness (QED) is 0.415. The van der Waals surface area contributed by atoms with Crippen LogP contribution in [0.1, 0.15) is 35.2 Å². The molecule has 2 aromatic carbocycles. The highest BCUT2D eigenvalue weighted by molar-refractivity contribution is 6.04. The Bertz CT molecular complexity index is 1010. The lowest BCUT2D eigenvalue weighted by atomic mass is 10.0. The van der Waals surface area contributed by atoms with E-state index < -0.39 is 54.1 Å². The van der Waals surface area contributed by atoms with Crippen molar-refractivity contribution in [1.82, 2.24) is 16.0 Å². The van der Waals surface area contributed by atoms with Gasteiger partial charge in [-0.25, -0.2) is 4.79 Å². The number of amides is 3. The molecular formula is C21H19F6N3O3. The zero-order valence-electron chi connectivity index (χ0n) is 17.1. The second-order valence-electron chi connectivity index (χ2n) is 7.39. The molecule has 3 amide bonds. The van der Waals surface area contributed by atoms with Gasteiger partial charge in [0, 0.05) is 18.2 Å². The number of carbonyl (C=O) groups excluding carboxylic acids is 2. The second kappa shape index (κ2) is 9.30. The predicted octanol–water partition coefficient (Wildman–Crippen LogP) is 4.16. The fourth-order valence-corrected chi connectivity index (χ4v) is 3.24. The molecule has 0 aromatic heterocycles. The molecule has 2 aromatic rings. The standard InChI is InChI=1S/C21H19F6N3O3/c1-11(28-9-16-18(31)30-19(32)29-16)15-4-2-3-5-17(15)33-10-12-6-13(20(22,23)24)8-14(7-12)21(25,26)27/h2-8,11,16,28H,9-10H2,1H3,(H2,29,30,31,32). The van der Waals surface area contributed by atoms with Crippen LogP contribution in [-0.4, -0.2) is 24.5 Å². The zero-order chi connectivity index (χ0) is 24.4. The molecule has 1 heterocycles. The van der Waals surface area contributed by atoms with Crippen molar-refractivity contribution in [3.05, 3.63) is 64.7 Å². The number of rotatable bonds is 7. The molecular weight excluding hydrogens is 456 g/mol. The van der Waals surface area contributed by atoms with Gasteiger partial charge in [-0.3, -0.25) is 10.1 Å². The van der Waals surface area contributed by atoms with Gasteiger partial charge in [-0.1, -0.05) is 18.2 Å². The Kier molecular flexibility index (Phi) is 6.86. The van der Waals surface area contributed by atoms with Gasteiger partial charge in [-0.15, -0.1) is 0 Å². The Morgan fingerprint density at radius 1 is 1.00 bits per heavy atom. The molecule has 3 rings (SSSR count). The fraction of sp³-hybridized carbons (Fsp3) is 0.333. The monoisotopic (exact) mass is 475 g/mol. The van der Waals surface area contributed by atoms with Crippen LogP contribution < -0.4 is 20.7 Å². The van der Waals surface area contributed by atoms with Crippen LogP contribution in [0.15, 0.2) is 42.5 Å². The van der Waals surface area contributed by atoms with Crippen LogP contribution in [0.5, 0.6) is 5.75 Å². The topological polar surface area (TPSA) is 79.5 Å². The van der Waals surface area contributed by atoms with E-state index in [1.54, 1.807) is 25.1 Å². The van der Waals surface area contributed by atoms with E-state index in [1.807, 2.05) is 0 Å². The molecule has 0 saturated carbocycles. The van der Waals surface area contributed by atoms with Crippen LogP contribution in [0.3, 0.4) is 0 Å². The van der Waals surface area contributed by atoms with Gasteiger partial charge in [0.15, 0.2) is 0 Å². The number of nitrogens with one attached hydrogen (secondary N) is 3. The average Bonchev–Trinajstić information content (AvgIpc) is 3.06. The zero-order valence-corrected chi connectivity index (χ0v) is 17.1. The lowest BCUT2D eigenvalue weighted by Crippen LogP contribution is -2.40. The third kappa shape index (κ3) is 6.15. The van der Waals surface area contributed by atoms with E-state index in [9.17, 15) is 35.9 Å². The highest BCUT2D eigenvalue weighted by Gasteiger charge is 2.37. The predicted molar refractivity (Wildman–Crippen MR) is 104 cm³/mol. The molecule has 0 bridgehead atoms. The number of hydrogen-bond acceptors (Lipinski definition) is 4. The van der Waals surface area contributed by atoms with Gasteiger partial charge < -0.3 is 15.4 Å². The molecule has 2 unspecified atom stereocenters. The van der Waals surface area contributed by atoms with Gasteiger partial charge in [-0.2, -0.15) is 26.3 Å². The summed E-state index contributed by atoms with van der Waals surface area (Å²) < 4.78 is 83.9. The van der Waals surface area contributed by atoms with Crippen LogP contribution in [0.2, 0.25) is 0 Å². The molecule has 0 spiro atoms. The van der Waals surface area contributed by atoms with E-state index in [4.69, 9.17) is 4.74 Å². The Morgan fingerprint density at radius 2 is 1.61 bits per heavy atom. The smallest absolute Gasteiger partial charge is 0.416 e. The molecule has 1 aliphatic heterocycles. The number of imide groups is 1. The Hall–Kier alpha value is -3.28. The maximum Gasteiger partial charge on any atom is 0.416 e. The summed E-state index contributed by atoms with van der Waals surface area (Å²) in [5.41, 5.74) is -2.57. The van der Waals surface area contributed by atoms with Crippen molar-refractivity contribution >= 4 is 11.9 Å². The van der Waals surface area contributed by atoms with Crippen LogP contribution in [0, 0.1) is 0 Å². The number of alkyl halides is 6. The van der Waals surface area contributed by atoms with Crippen LogP contribution in [0.4, 0.5) is 31.1 Å². The van der Waals surface area contributed by atoms with Gasteiger partial charge in [0.05, 0.1) is 11.1 Å². The van der Waals surface area contributed by atoms with Crippen molar-refractivity contribution in [2.24, 2.45) is 0 Å². The SMILES string of the molecule is CC(NCC1NC(=O)NC1=O)c1ccccc1OCc1cc(C(F)(F)F)cc(C(F)(F)F)c1. The van der Waals surface area contributed by atoms with E-state index >= 15 is 0 Å². The molecule has 1 saturated heterocycles. The number of hydrogen-bond donors (Lipinski definition) is 3. The third-order valence-electron chi connectivity index (χ3n) is 4.91. The first-order valence-electron chi connectivity index (χ1n) is 9.69. The van der Waals surface area contributed by atoms with E-state index in [2.05, 4.69) is 16.0 Å². The first kappa shape index (κ1) is 24.4. The molecule has 33 heavy (non-hydrogen) atoms. The minimum absolute atomic E-state index is 0.0569. The molecule has 178 valence electrons. The first-order chi connectivity index (χ1) is 15.3. The van der Waals surface area contributed by atoms with Crippen molar-refractivity contribution in [1.29, 1.82) is 0 Å². The molecule has 2 atom stereocenters. The van der Waals surface area contributed by atoms with Gasteiger partial charge in [0.25, 0.3) is 5.91 Å². The molecule has 1 fully saturated rings. The third-order valence-corrected chi connectivity index (χ3v) is 4.91. The highest BCUT2D eigenvalue weighted by Crippen LogP contribution is 2.36. The number of para-hydroxylation sites is 1. The fourth-order valence-electron chi connectivity index (χ4n) is 3.24. The van der Waals surface area contributed by atoms with E-state index in [-0.39, 0.29) is 23.9 Å². The van der Waals surface area contributed by atoms with Crippen molar-refractivity contribution in [3.8, 4) is 5.75 Å². The van der Waals surface area contributed by atoms with E-state index in [0.717, 1.165) is 0 Å². The molecule has 0 radical (unpaired) electrons. The van der Waals surface area contributed by atoms with Crippen LogP contribution >= 0.6 is 0 Å². The van der Waals surface area contributed by atoms with E-state index in [1.165, 1.54) is 6.07 Å². The van der Waals surface area contributed by atoms with E-state index in [0.29, 0.717) is 17.7 Å². The first-order valence-corrected chi connectivity index (χ1v) is 9.69. The van der Waals surface area contributed by atoms with Crippen molar-refractivity contribution in [2.45, 2.75) is 38.0 Å². The second-order valence-corrected chi connectivity index (χ2v) is 7.39. The molecule has 3 N–H and O–H groups in total.